The second-order valence-electron chi connectivity index (χ2n) is 7.60. The van der Waals surface area contributed by atoms with Crippen LogP contribution in [0.4, 0.5) is 0 Å². The van der Waals surface area contributed by atoms with Gasteiger partial charge in [-0.05, 0) is 36.5 Å². The van der Waals surface area contributed by atoms with Gasteiger partial charge in [0.25, 0.3) is 0 Å². The van der Waals surface area contributed by atoms with Crippen LogP contribution in [0.1, 0.15) is 32.3 Å². The fourth-order valence-corrected chi connectivity index (χ4v) is 3.31. The number of methoxy groups -OCH3 is 2. The Balaban J connectivity index is 1.98. The number of benzene rings is 1. The number of nitrogens with zero attached hydrogens (tertiary/aromatic N) is 1. The quantitative estimate of drug-likeness (QED) is 0.601. The summed E-state index contributed by atoms with van der Waals surface area (Å²) in [7, 11) is 3.27. The number of aliphatic hydroxyl groups is 1. The Hall–Kier alpha value is -1.34. The van der Waals surface area contributed by atoms with Crippen molar-refractivity contribution in [2.75, 3.05) is 47.1 Å². The van der Waals surface area contributed by atoms with Crippen molar-refractivity contribution in [3.05, 3.63) is 23.8 Å². The van der Waals surface area contributed by atoms with Crippen molar-refractivity contribution in [3.8, 4) is 11.5 Å². The Labute approximate surface area is 163 Å². The van der Waals surface area contributed by atoms with Crippen molar-refractivity contribution in [2.45, 2.75) is 45.4 Å². The van der Waals surface area contributed by atoms with Gasteiger partial charge in [0.1, 0.15) is 0 Å². The first-order valence-corrected chi connectivity index (χ1v) is 9.82. The number of ether oxygens (including phenoxy) is 4. The van der Waals surface area contributed by atoms with Gasteiger partial charge in [-0.15, -0.1) is 0 Å². The van der Waals surface area contributed by atoms with E-state index in [0.717, 1.165) is 31.6 Å². The maximum absolute atomic E-state index is 10.4. The Morgan fingerprint density at radius 2 is 1.96 bits per heavy atom. The van der Waals surface area contributed by atoms with E-state index in [9.17, 15) is 5.11 Å². The molecule has 0 amide bonds. The van der Waals surface area contributed by atoms with Gasteiger partial charge in [0.2, 0.25) is 0 Å². The lowest BCUT2D eigenvalue weighted by atomic mass is 10.1. The van der Waals surface area contributed by atoms with Crippen LogP contribution in [0.5, 0.6) is 11.5 Å². The SMILES string of the molecule is COc1ccc(CN(C[C@H](O)COCC(C)C)C[C@H]2CCCO2)cc1OC. The molecule has 0 unspecified atom stereocenters. The molecule has 1 aromatic carbocycles. The summed E-state index contributed by atoms with van der Waals surface area (Å²) in [5.41, 5.74) is 1.11. The van der Waals surface area contributed by atoms with Crippen LogP contribution in [0.25, 0.3) is 0 Å². The molecule has 0 saturated carbocycles. The zero-order valence-electron chi connectivity index (χ0n) is 17.1. The molecule has 0 aromatic heterocycles. The number of hydrogen-bond acceptors (Lipinski definition) is 6. The predicted octanol–water partition coefficient (Wildman–Crippen LogP) is 2.72. The van der Waals surface area contributed by atoms with Gasteiger partial charge in [0, 0.05) is 32.8 Å². The molecular formula is C21H35NO5. The Morgan fingerprint density at radius 3 is 2.59 bits per heavy atom. The highest BCUT2D eigenvalue weighted by Crippen LogP contribution is 2.28. The third-order valence-corrected chi connectivity index (χ3v) is 4.57. The lowest BCUT2D eigenvalue weighted by Crippen LogP contribution is -2.39. The summed E-state index contributed by atoms with van der Waals surface area (Å²) in [6, 6.07) is 5.94. The van der Waals surface area contributed by atoms with Gasteiger partial charge < -0.3 is 24.1 Å². The van der Waals surface area contributed by atoms with Crippen LogP contribution >= 0.6 is 0 Å². The van der Waals surface area contributed by atoms with E-state index in [2.05, 4.69) is 18.7 Å². The molecule has 0 radical (unpaired) electrons. The molecule has 1 aliphatic rings. The van der Waals surface area contributed by atoms with Crippen molar-refractivity contribution in [1.82, 2.24) is 4.90 Å². The average Bonchev–Trinajstić information content (AvgIpc) is 3.14. The second-order valence-corrected chi connectivity index (χ2v) is 7.60. The molecule has 1 heterocycles. The summed E-state index contributed by atoms with van der Waals surface area (Å²) < 4.78 is 22.1. The van der Waals surface area contributed by atoms with Gasteiger partial charge >= 0.3 is 0 Å². The molecule has 0 bridgehead atoms. The monoisotopic (exact) mass is 381 g/mol. The standard InChI is InChI=1S/C21H35NO5/c1-16(2)14-26-15-18(23)12-22(13-19-6-5-9-27-19)11-17-7-8-20(24-3)21(10-17)25-4/h7-8,10,16,18-19,23H,5-6,9,11-15H2,1-4H3/t18-,19+/m0/s1. The maximum Gasteiger partial charge on any atom is 0.161 e. The summed E-state index contributed by atoms with van der Waals surface area (Å²) in [6.07, 6.45) is 1.89. The molecule has 0 spiro atoms. The highest BCUT2D eigenvalue weighted by Gasteiger charge is 2.22. The summed E-state index contributed by atoms with van der Waals surface area (Å²) in [4.78, 5) is 2.24. The van der Waals surface area contributed by atoms with E-state index < -0.39 is 6.10 Å². The molecule has 154 valence electrons. The average molecular weight is 382 g/mol. The first-order valence-electron chi connectivity index (χ1n) is 9.82. The topological polar surface area (TPSA) is 60.4 Å². The molecule has 6 heteroatoms. The lowest BCUT2D eigenvalue weighted by Gasteiger charge is -2.28. The molecule has 2 rings (SSSR count). The van der Waals surface area contributed by atoms with E-state index in [-0.39, 0.29) is 6.10 Å². The molecule has 1 saturated heterocycles. The molecule has 27 heavy (non-hydrogen) atoms. The van der Waals surface area contributed by atoms with E-state index in [0.29, 0.717) is 43.7 Å². The minimum absolute atomic E-state index is 0.230. The summed E-state index contributed by atoms with van der Waals surface area (Å²) in [5, 5.41) is 10.4. The van der Waals surface area contributed by atoms with E-state index in [4.69, 9.17) is 18.9 Å². The summed E-state index contributed by atoms with van der Waals surface area (Å²) in [6.45, 7) is 8.11. The molecule has 0 aliphatic carbocycles. The van der Waals surface area contributed by atoms with E-state index >= 15 is 0 Å². The Bertz CT molecular complexity index is 545. The summed E-state index contributed by atoms with van der Waals surface area (Å²) in [5.74, 6) is 1.90. The highest BCUT2D eigenvalue weighted by atomic mass is 16.5. The molecule has 1 fully saturated rings. The third kappa shape index (κ3) is 7.66. The molecule has 2 atom stereocenters. The number of rotatable bonds is 12. The first-order chi connectivity index (χ1) is 13.0. The fraction of sp³-hybridized carbons (Fsp3) is 0.714. The summed E-state index contributed by atoms with van der Waals surface area (Å²) >= 11 is 0. The van der Waals surface area contributed by atoms with Crippen LogP contribution in [0.3, 0.4) is 0 Å². The molecule has 1 N–H and O–H groups in total. The minimum atomic E-state index is -0.523. The highest BCUT2D eigenvalue weighted by molar-refractivity contribution is 5.42. The third-order valence-electron chi connectivity index (χ3n) is 4.57. The van der Waals surface area contributed by atoms with Crippen LogP contribution in [0.2, 0.25) is 0 Å². The van der Waals surface area contributed by atoms with Gasteiger partial charge in [-0.1, -0.05) is 19.9 Å². The van der Waals surface area contributed by atoms with Crippen LogP contribution in [0, 0.1) is 5.92 Å². The van der Waals surface area contributed by atoms with Crippen molar-refractivity contribution >= 4 is 0 Å². The van der Waals surface area contributed by atoms with E-state index in [1.54, 1.807) is 14.2 Å². The molecule has 1 aromatic rings. The molecule has 6 nitrogen and oxygen atoms in total. The van der Waals surface area contributed by atoms with Crippen LogP contribution < -0.4 is 9.47 Å². The first kappa shape index (κ1) is 22.0. The largest absolute Gasteiger partial charge is 0.493 e. The number of hydrogen-bond donors (Lipinski definition) is 1. The van der Waals surface area contributed by atoms with Crippen molar-refractivity contribution < 1.29 is 24.1 Å². The van der Waals surface area contributed by atoms with Gasteiger partial charge in [0.05, 0.1) is 33.0 Å². The fourth-order valence-electron chi connectivity index (χ4n) is 3.31. The van der Waals surface area contributed by atoms with E-state index in [1.165, 1.54) is 0 Å². The maximum atomic E-state index is 10.4. The smallest absolute Gasteiger partial charge is 0.161 e. The normalized spacial score (nSPS) is 18.3. The van der Waals surface area contributed by atoms with Gasteiger partial charge in [-0.3, -0.25) is 4.90 Å². The van der Waals surface area contributed by atoms with Crippen LogP contribution in [0.15, 0.2) is 18.2 Å². The van der Waals surface area contributed by atoms with Crippen molar-refractivity contribution in [3.63, 3.8) is 0 Å². The second kappa shape index (κ2) is 11.5. The van der Waals surface area contributed by atoms with Crippen LogP contribution in [-0.4, -0.2) is 69.3 Å². The van der Waals surface area contributed by atoms with Crippen LogP contribution in [-0.2, 0) is 16.0 Å². The Morgan fingerprint density at radius 1 is 1.19 bits per heavy atom. The molecular weight excluding hydrogens is 346 g/mol. The minimum Gasteiger partial charge on any atom is -0.493 e. The van der Waals surface area contributed by atoms with Gasteiger partial charge in [-0.2, -0.15) is 0 Å². The van der Waals surface area contributed by atoms with Gasteiger partial charge in [-0.25, -0.2) is 0 Å². The lowest BCUT2D eigenvalue weighted by molar-refractivity contribution is -0.00391. The zero-order valence-corrected chi connectivity index (χ0v) is 17.1. The van der Waals surface area contributed by atoms with E-state index in [1.807, 2.05) is 18.2 Å². The zero-order chi connectivity index (χ0) is 19.6. The van der Waals surface area contributed by atoms with Gasteiger partial charge in [0.15, 0.2) is 11.5 Å². The van der Waals surface area contributed by atoms with Crippen molar-refractivity contribution in [2.24, 2.45) is 5.92 Å². The predicted molar refractivity (Wildman–Crippen MR) is 105 cm³/mol. The molecule has 1 aliphatic heterocycles. The number of aliphatic hydroxyl groups excluding tert-OH is 1. The Kier molecular flexibility index (Phi) is 9.34. The van der Waals surface area contributed by atoms with Crippen molar-refractivity contribution in [1.29, 1.82) is 0 Å².